The molecular formula is C17H13ClF3NO5. The summed E-state index contributed by atoms with van der Waals surface area (Å²) >= 11 is 5.82. The van der Waals surface area contributed by atoms with Gasteiger partial charge in [-0.05, 0) is 30.2 Å². The Balaban J connectivity index is 2.54. The SMILES string of the molecule is CC(C)c1cc(Oc2ccc(C(F)(F)F)cc2Cl)cc(C(=O)O)c1[N+](=O)[O-]. The molecule has 2 aromatic carbocycles. The number of rotatable bonds is 5. The highest BCUT2D eigenvalue weighted by Crippen LogP contribution is 2.39. The monoisotopic (exact) mass is 403 g/mol. The van der Waals surface area contributed by atoms with Crippen LogP contribution in [0, 0.1) is 10.1 Å². The fraction of sp³-hybridized carbons (Fsp3) is 0.235. The maximum absolute atomic E-state index is 12.7. The van der Waals surface area contributed by atoms with Crippen LogP contribution in [0.15, 0.2) is 30.3 Å². The number of aromatic carboxylic acids is 1. The van der Waals surface area contributed by atoms with Gasteiger partial charge in [-0.2, -0.15) is 13.2 Å². The summed E-state index contributed by atoms with van der Waals surface area (Å²) < 4.78 is 43.5. The number of carboxylic acid groups (broad SMARTS) is 1. The van der Waals surface area contributed by atoms with Crippen LogP contribution in [0.4, 0.5) is 18.9 Å². The van der Waals surface area contributed by atoms with Crippen LogP contribution >= 0.6 is 11.6 Å². The van der Waals surface area contributed by atoms with Gasteiger partial charge in [-0.25, -0.2) is 4.79 Å². The van der Waals surface area contributed by atoms with Crippen molar-refractivity contribution in [2.75, 3.05) is 0 Å². The summed E-state index contributed by atoms with van der Waals surface area (Å²) in [5.41, 5.74) is -2.02. The number of ether oxygens (including phenoxy) is 1. The molecule has 2 rings (SSSR count). The van der Waals surface area contributed by atoms with Crippen molar-refractivity contribution in [1.29, 1.82) is 0 Å². The third-order valence-electron chi connectivity index (χ3n) is 3.63. The lowest BCUT2D eigenvalue weighted by molar-refractivity contribution is -0.386. The molecule has 0 aromatic heterocycles. The number of carboxylic acids is 1. The van der Waals surface area contributed by atoms with Crippen LogP contribution in [0.2, 0.25) is 5.02 Å². The van der Waals surface area contributed by atoms with Crippen molar-refractivity contribution in [3.63, 3.8) is 0 Å². The summed E-state index contributed by atoms with van der Waals surface area (Å²) in [4.78, 5) is 21.9. The van der Waals surface area contributed by atoms with Gasteiger partial charge in [-0.1, -0.05) is 25.4 Å². The number of hydrogen-bond donors (Lipinski definition) is 1. The first-order valence-corrected chi connectivity index (χ1v) is 7.89. The zero-order valence-corrected chi connectivity index (χ0v) is 14.8. The van der Waals surface area contributed by atoms with E-state index in [0.717, 1.165) is 18.2 Å². The van der Waals surface area contributed by atoms with Gasteiger partial charge in [-0.15, -0.1) is 0 Å². The van der Waals surface area contributed by atoms with Gasteiger partial charge >= 0.3 is 12.1 Å². The highest BCUT2D eigenvalue weighted by Gasteiger charge is 2.31. The van der Waals surface area contributed by atoms with Gasteiger partial charge in [0, 0.05) is 11.6 Å². The maximum Gasteiger partial charge on any atom is 0.416 e. The minimum atomic E-state index is -4.59. The fourth-order valence-electron chi connectivity index (χ4n) is 2.38. The minimum absolute atomic E-state index is 0.0941. The Morgan fingerprint density at radius 2 is 1.89 bits per heavy atom. The normalized spacial score (nSPS) is 11.5. The van der Waals surface area contributed by atoms with Crippen LogP contribution < -0.4 is 4.74 Å². The van der Waals surface area contributed by atoms with Gasteiger partial charge in [0.05, 0.1) is 15.5 Å². The summed E-state index contributed by atoms with van der Waals surface area (Å²) in [6.45, 7) is 3.26. The van der Waals surface area contributed by atoms with E-state index in [1.54, 1.807) is 13.8 Å². The molecule has 6 nitrogen and oxygen atoms in total. The molecule has 2 aromatic rings. The molecule has 0 aliphatic carbocycles. The number of nitro benzene ring substituents is 1. The average molecular weight is 404 g/mol. The quantitative estimate of drug-likeness (QED) is 0.497. The van der Waals surface area contributed by atoms with E-state index in [1.807, 2.05) is 0 Å². The summed E-state index contributed by atoms with van der Waals surface area (Å²) in [6, 6.07) is 4.61. The van der Waals surface area contributed by atoms with Crippen LogP contribution in [0.25, 0.3) is 0 Å². The van der Waals surface area contributed by atoms with Crippen LogP contribution in [0.3, 0.4) is 0 Å². The molecule has 10 heteroatoms. The molecule has 0 aliphatic rings. The highest BCUT2D eigenvalue weighted by atomic mass is 35.5. The van der Waals surface area contributed by atoms with E-state index in [4.69, 9.17) is 16.3 Å². The van der Waals surface area contributed by atoms with Gasteiger partial charge in [0.25, 0.3) is 5.69 Å². The molecule has 27 heavy (non-hydrogen) atoms. The average Bonchev–Trinajstić information content (AvgIpc) is 2.54. The van der Waals surface area contributed by atoms with Crippen molar-refractivity contribution in [1.82, 2.24) is 0 Å². The maximum atomic E-state index is 12.7. The number of halogens is 4. The highest BCUT2D eigenvalue weighted by molar-refractivity contribution is 6.32. The van der Waals surface area contributed by atoms with E-state index in [-0.39, 0.29) is 22.1 Å². The Bertz CT molecular complexity index is 912. The predicted molar refractivity (Wildman–Crippen MR) is 90.7 cm³/mol. The topological polar surface area (TPSA) is 89.7 Å². The second kappa shape index (κ2) is 7.43. The molecule has 0 spiro atoms. The van der Waals surface area contributed by atoms with Crippen molar-refractivity contribution >= 4 is 23.3 Å². The molecule has 0 atom stereocenters. The molecule has 1 N–H and O–H groups in total. The van der Waals surface area contributed by atoms with Gasteiger partial charge in [0.15, 0.2) is 0 Å². The Morgan fingerprint density at radius 3 is 2.33 bits per heavy atom. The molecule has 0 fully saturated rings. The Hall–Kier alpha value is -2.81. The van der Waals surface area contributed by atoms with Crippen molar-refractivity contribution in [3.8, 4) is 11.5 Å². The smallest absolute Gasteiger partial charge is 0.416 e. The molecule has 0 saturated carbocycles. The van der Waals surface area contributed by atoms with E-state index in [9.17, 15) is 33.2 Å². The molecular weight excluding hydrogens is 391 g/mol. The number of alkyl halides is 3. The van der Waals surface area contributed by atoms with E-state index in [0.29, 0.717) is 6.07 Å². The molecule has 144 valence electrons. The molecule has 0 radical (unpaired) electrons. The van der Waals surface area contributed by atoms with Gasteiger partial charge in [0.1, 0.15) is 17.1 Å². The Kier molecular flexibility index (Phi) is 5.65. The molecule has 0 amide bonds. The first-order valence-electron chi connectivity index (χ1n) is 7.52. The summed E-state index contributed by atoms with van der Waals surface area (Å²) in [5, 5.41) is 20.2. The van der Waals surface area contributed by atoms with Crippen molar-refractivity contribution in [2.24, 2.45) is 0 Å². The van der Waals surface area contributed by atoms with Crippen LogP contribution in [0.5, 0.6) is 11.5 Å². The van der Waals surface area contributed by atoms with E-state index < -0.39 is 39.8 Å². The Morgan fingerprint density at radius 1 is 1.26 bits per heavy atom. The molecule has 0 bridgehead atoms. The second-order valence-corrected chi connectivity index (χ2v) is 6.28. The largest absolute Gasteiger partial charge is 0.477 e. The van der Waals surface area contributed by atoms with Crippen molar-refractivity contribution in [2.45, 2.75) is 25.9 Å². The minimum Gasteiger partial charge on any atom is -0.477 e. The molecule has 0 heterocycles. The lowest BCUT2D eigenvalue weighted by Crippen LogP contribution is -2.08. The van der Waals surface area contributed by atoms with Crippen LogP contribution in [0.1, 0.15) is 41.3 Å². The van der Waals surface area contributed by atoms with E-state index in [1.165, 1.54) is 6.07 Å². The van der Waals surface area contributed by atoms with Crippen molar-refractivity contribution in [3.05, 3.63) is 62.2 Å². The van der Waals surface area contributed by atoms with Crippen LogP contribution in [-0.4, -0.2) is 16.0 Å². The second-order valence-electron chi connectivity index (χ2n) is 5.87. The van der Waals surface area contributed by atoms with Crippen molar-refractivity contribution < 1.29 is 32.7 Å². The number of nitro groups is 1. The predicted octanol–water partition coefficient (Wildman–Crippen LogP) is 5.88. The number of carbonyl (C=O) groups is 1. The zero-order valence-electron chi connectivity index (χ0n) is 14.0. The first kappa shape index (κ1) is 20.5. The fourth-order valence-corrected chi connectivity index (χ4v) is 2.60. The zero-order chi connectivity index (χ0) is 20.5. The summed E-state index contributed by atoms with van der Waals surface area (Å²) in [5.74, 6) is -2.18. The lowest BCUT2D eigenvalue weighted by atomic mass is 9.97. The summed E-state index contributed by atoms with van der Waals surface area (Å²) in [6.07, 6.45) is -4.59. The van der Waals surface area contributed by atoms with E-state index >= 15 is 0 Å². The summed E-state index contributed by atoms with van der Waals surface area (Å²) in [7, 11) is 0. The standard InChI is InChI=1S/C17H13ClF3NO5/c1-8(2)11-6-10(7-12(16(23)24)15(11)22(25)26)27-14-4-3-9(5-13(14)18)17(19,20)21/h3-8H,1-2H3,(H,23,24). The third-order valence-corrected chi connectivity index (χ3v) is 3.93. The van der Waals surface area contributed by atoms with Gasteiger partial charge < -0.3 is 9.84 Å². The number of hydrogen-bond acceptors (Lipinski definition) is 4. The first-order chi connectivity index (χ1) is 12.4. The van der Waals surface area contributed by atoms with E-state index in [2.05, 4.69) is 0 Å². The third kappa shape index (κ3) is 4.48. The number of benzene rings is 2. The Labute approximate surface area is 156 Å². The molecule has 0 unspecified atom stereocenters. The lowest BCUT2D eigenvalue weighted by Gasteiger charge is -2.14. The molecule has 0 saturated heterocycles. The van der Waals surface area contributed by atoms with Gasteiger partial charge in [-0.3, -0.25) is 10.1 Å². The van der Waals surface area contributed by atoms with Crippen LogP contribution in [-0.2, 0) is 6.18 Å². The molecule has 0 aliphatic heterocycles. The van der Waals surface area contributed by atoms with Gasteiger partial charge in [0.2, 0.25) is 0 Å². The number of nitrogens with zero attached hydrogens (tertiary/aromatic N) is 1.